The molecule has 0 radical (unpaired) electrons. The summed E-state index contributed by atoms with van der Waals surface area (Å²) in [5.41, 5.74) is 6.29. The lowest BCUT2D eigenvalue weighted by Gasteiger charge is -2.09. The first-order valence-electron chi connectivity index (χ1n) is 10.8. The minimum Gasteiger partial charge on any atom is -0.481 e. The number of benzene rings is 3. The van der Waals surface area contributed by atoms with E-state index in [0.717, 1.165) is 40.7 Å². The van der Waals surface area contributed by atoms with Gasteiger partial charge in [0.1, 0.15) is 0 Å². The molecule has 0 aliphatic rings. The fourth-order valence-corrected chi connectivity index (χ4v) is 4.03. The molecule has 2 N–H and O–H groups in total. The molecule has 4 aromatic rings. The summed E-state index contributed by atoms with van der Waals surface area (Å²) in [6, 6.07) is 24.3. The first kappa shape index (κ1) is 21.4. The van der Waals surface area contributed by atoms with Crippen molar-refractivity contribution in [2.45, 2.75) is 32.6 Å². The number of amides is 1. The van der Waals surface area contributed by atoms with Crippen molar-refractivity contribution in [2.24, 2.45) is 0 Å². The van der Waals surface area contributed by atoms with Crippen molar-refractivity contribution in [1.29, 1.82) is 0 Å². The number of hydrogen-bond acceptors (Lipinski definition) is 2. The molecule has 0 atom stereocenters. The molecule has 0 aliphatic carbocycles. The number of carboxylic acid groups (broad SMARTS) is 1. The number of carboxylic acids is 1. The normalized spacial score (nSPS) is 10.9. The smallest absolute Gasteiger partial charge is 0.303 e. The van der Waals surface area contributed by atoms with Crippen LogP contribution in [0.1, 0.15) is 30.0 Å². The molecule has 0 aliphatic heterocycles. The molecule has 4 rings (SSSR count). The van der Waals surface area contributed by atoms with Crippen molar-refractivity contribution in [2.75, 3.05) is 5.32 Å². The Hall–Kier alpha value is -3.86. The summed E-state index contributed by atoms with van der Waals surface area (Å²) in [6.45, 7) is 1.50. The number of anilines is 1. The topological polar surface area (TPSA) is 71.3 Å². The van der Waals surface area contributed by atoms with Crippen LogP contribution in [-0.2, 0) is 28.9 Å². The van der Waals surface area contributed by atoms with E-state index >= 15 is 0 Å². The minimum absolute atomic E-state index is 0.105. The summed E-state index contributed by atoms with van der Waals surface area (Å²) in [5.74, 6) is -0.895. The van der Waals surface area contributed by atoms with Crippen LogP contribution >= 0.6 is 0 Å². The Bertz CT molecular complexity index is 1260. The fraction of sp³-hybridized carbons (Fsp3) is 0.185. The zero-order valence-corrected chi connectivity index (χ0v) is 18.0. The number of aromatic nitrogens is 1. The first-order chi connectivity index (χ1) is 15.5. The van der Waals surface area contributed by atoms with Crippen molar-refractivity contribution in [1.82, 2.24) is 4.57 Å². The van der Waals surface area contributed by atoms with Crippen LogP contribution in [0.5, 0.6) is 0 Å². The molecule has 5 nitrogen and oxygen atoms in total. The van der Waals surface area contributed by atoms with E-state index in [1.165, 1.54) is 18.1 Å². The molecule has 5 heteroatoms. The molecule has 32 heavy (non-hydrogen) atoms. The average molecular weight is 427 g/mol. The van der Waals surface area contributed by atoms with E-state index in [9.17, 15) is 9.59 Å². The third kappa shape index (κ3) is 5.06. The monoisotopic (exact) mass is 426 g/mol. The number of nitrogens with zero attached hydrogens (tertiary/aromatic N) is 1. The van der Waals surface area contributed by atoms with Gasteiger partial charge in [-0.05, 0) is 66.3 Å². The van der Waals surface area contributed by atoms with E-state index in [1.54, 1.807) is 0 Å². The maximum Gasteiger partial charge on any atom is 0.303 e. The highest BCUT2D eigenvalue weighted by molar-refractivity contribution is 5.90. The van der Waals surface area contributed by atoms with Crippen LogP contribution in [0.3, 0.4) is 0 Å². The van der Waals surface area contributed by atoms with E-state index < -0.39 is 5.97 Å². The number of fused-ring (bicyclic) bond motifs is 1. The second-order valence-corrected chi connectivity index (χ2v) is 7.99. The van der Waals surface area contributed by atoms with Gasteiger partial charge < -0.3 is 15.0 Å². The Morgan fingerprint density at radius 1 is 0.875 bits per heavy atom. The van der Waals surface area contributed by atoms with Gasteiger partial charge in [-0.15, -0.1) is 0 Å². The number of aliphatic carboxylic acids is 1. The lowest BCUT2D eigenvalue weighted by Crippen LogP contribution is -2.06. The van der Waals surface area contributed by atoms with Crippen molar-refractivity contribution in [3.05, 3.63) is 95.7 Å². The summed E-state index contributed by atoms with van der Waals surface area (Å²) < 4.78 is 2.14. The summed E-state index contributed by atoms with van der Waals surface area (Å²) >= 11 is 0. The van der Waals surface area contributed by atoms with Gasteiger partial charge in [-0.25, -0.2) is 0 Å². The van der Waals surface area contributed by atoms with E-state index in [4.69, 9.17) is 5.11 Å². The number of carbonyl (C=O) groups is 2. The molecule has 3 aromatic carbocycles. The molecule has 1 heterocycles. The zero-order valence-electron chi connectivity index (χ0n) is 18.0. The first-order valence-corrected chi connectivity index (χ1v) is 10.8. The average Bonchev–Trinajstić information content (AvgIpc) is 3.15. The fourth-order valence-electron chi connectivity index (χ4n) is 4.03. The zero-order chi connectivity index (χ0) is 22.5. The molecule has 0 spiro atoms. The van der Waals surface area contributed by atoms with Gasteiger partial charge in [-0.2, -0.15) is 0 Å². The number of carbonyl (C=O) groups excluding carboxylic acids is 1. The van der Waals surface area contributed by atoms with Crippen LogP contribution in [0.25, 0.3) is 16.6 Å². The van der Waals surface area contributed by atoms with E-state index in [1.807, 2.05) is 36.4 Å². The number of aryl methyl sites for hydroxylation is 3. The molecular weight excluding hydrogens is 400 g/mol. The van der Waals surface area contributed by atoms with Crippen molar-refractivity contribution < 1.29 is 14.7 Å². The molecule has 1 amide bonds. The van der Waals surface area contributed by atoms with Crippen molar-refractivity contribution in [3.8, 4) is 5.69 Å². The maximum atomic E-state index is 11.5. The van der Waals surface area contributed by atoms with E-state index in [0.29, 0.717) is 6.42 Å². The SMILES string of the molecule is CC(=O)Nc1cccc(-n2cc(CCc3ccccc3)c3cc(CCC(=O)O)ccc32)c1. The van der Waals surface area contributed by atoms with Gasteiger partial charge in [0.25, 0.3) is 0 Å². The second-order valence-electron chi connectivity index (χ2n) is 7.99. The summed E-state index contributed by atoms with van der Waals surface area (Å²) in [4.78, 5) is 22.5. The molecule has 162 valence electrons. The van der Waals surface area contributed by atoms with Crippen LogP contribution in [0.15, 0.2) is 79.0 Å². The third-order valence-corrected chi connectivity index (χ3v) is 5.55. The molecule has 0 saturated carbocycles. The Morgan fingerprint density at radius 2 is 1.69 bits per heavy atom. The van der Waals surface area contributed by atoms with Crippen molar-refractivity contribution in [3.63, 3.8) is 0 Å². The molecule has 0 unspecified atom stereocenters. The van der Waals surface area contributed by atoms with Gasteiger partial charge in [0.05, 0.1) is 5.52 Å². The minimum atomic E-state index is -0.790. The lowest BCUT2D eigenvalue weighted by molar-refractivity contribution is -0.137. The second kappa shape index (κ2) is 9.52. The Labute approximate surface area is 187 Å². The van der Waals surface area contributed by atoms with Gasteiger partial charge >= 0.3 is 5.97 Å². The molecule has 0 bridgehead atoms. The van der Waals surface area contributed by atoms with E-state index in [2.05, 4.69) is 52.5 Å². The maximum absolute atomic E-state index is 11.5. The van der Waals surface area contributed by atoms with Crippen LogP contribution in [0, 0.1) is 0 Å². The third-order valence-electron chi connectivity index (χ3n) is 5.55. The largest absolute Gasteiger partial charge is 0.481 e. The predicted molar refractivity (Wildman–Crippen MR) is 127 cm³/mol. The van der Waals surface area contributed by atoms with Gasteiger partial charge in [-0.3, -0.25) is 9.59 Å². The van der Waals surface area contributed by atoms with Gasteiger partial charge in [-0.1, -0.05) is 42.5 Å². The van der Waals surface area contributed by atoms with Crippen molar-refractivity contribution >= 4 is 28.5 Å². The van der Waals surface area contributed by atoms with Gasteiger partial charge in [0.2, 0.25) is 5.91 Å². The highest BCUT2D eigenvalue weighted by atomic mass is 16.4. The number of nitrogens with one attached hydrogen (secondary N) is 1. The number of hydrogen-bond donors (Lipinski definition) is 2. The quantitative estimate of drug-likeness (QED) is 0.397. The van der Waals surface area contributed by atoms with E-state index in [-0.39, 0.29) is 12.3 Å². The van der Waals surface area contributed by atoms with Crippen LogP contribution in [0.4, 0.5) is 5.69 Å². The Kier molecular flexibility index (Phi) is 6.36. The Morgan fingerprint density at radius 3 is 2.44 bits per heavy atom. The van der Waals surface area contributed by atoms with Gasteiger partial charge in [0, 0.05) is 36.3 Å². The summed E-state index contributed by atoms with van der Waals surface area (Å²) in [5, 5.41) is 13.0. The molecule has 0 saturated heterocycles. The predicted octanol–water partition coefficient (Wildman–Crippen LogP) is 5.39. The number of rotatable bonds is 8. The molecular formula is C27H26N2O3. The lowest BCUT2D eigenvalue weighted by atomic mass is 10.0. The molecule has 0 fully saturated rings. The highest BCUT2D eigenvalue weighted by Gasteiger charge is 2.12. The van der Waals surface area contributed by atoms with Crippen LogP contribution in [-0.4, -0.2) is 21.6 Å². The highest BCUT2D eigenvalue weighted by Crippen LogP contribution is 2.29. The van der Waals surface area contributed by atoms with Crippen LogP contribution in [0.2, 0.25) is 0 Å². The molecule has 1 aromatic heterocycles. The summed E-state index contributed by atoms with van der Waals surface area (Å²) in [7, 11) is 0. The standard InChI is InChI=1S/C27H26N2O3/c1-19(30)28-23-8-5-9-24(17-23)29-18-22(13-10-20-6-3-2-4-7-20)25-16-21(11-14-26(25)29)12-15-27(31)32/h2-9,11,14,16-18H,10,12-13,15H2,1H3,(H,28,30)(H,31,32). The van der Waals surface area contributed by atoms with Crippen LogP contribution < -0.4 is 5.32 Å². The Balaban J connectivity index is 1.73. The summed E-state index contributed by atoms with van der Waals surface area (Å²) in [6.07, 6.45) is 4.57. The van der Waals surface area contributed by atoms with Gasteiger partial charge in [0.15, 0.2) is 0 Å².